The molecule has 2 aliphatic heterocycles. The number of nitrogens with one attached hydrogen (secondary N) is 1. The van der Waals surface area contributed by atoms with Crippen molar-refractivity contribution in [3.8, 4) is 0 Å². The molecule has 2 saturated heterocycles. The van der Waals surface area contributed by atoms with Crippen molar-refractivity contribution in [3.63, 3.8) is 0 Å². The van der Waals surface area contributed by atoms with Crippen LogP contribution < -0.4 is 10.2 Å². The van der Waals surface area contributed by atoms with Gasteiger partial charge in [-0.3, -0.25) is 9.36 Å². The van der Waals surface area contributed by atoms with Crippen LogP contribution in [0.15, 0.2) is 29.4 Å². The molecule has 2 fully saturated rings. The van der Waals surface area contributed by atoms with Crippen molar-refractivity contribution in [1.82, 2.24) is 20.1 Å². The molecule has 10 heteroatoms. The normalized spacial score (nSPS) is 19.2. The van der Waals surface area contributed by atoms with Gasteiger partial charge in [0.15, 0.2) is 5.16 Å². The number of hydrogen-bond acceptors (Lipinski definition) is 7. The Balaban J connectivity index is 1.39. The topological polar surface area (TPSA) is 81.5 Å². The van der Waals surface area contributed by atoms with Crippen molar-refractivity contribution < 1.29 is 18.7 Å². The Bertz CT molecular complexity index is 853. The fourth-order valence-corrected chi connectivity index (χ4v) is 4.33. The first kappa shape index (κ1) is 21.1. The van der Waals surface area contributed by atoms with Crippen LogP contribution in [-0.2, 0) is 27.4 Å². The number of ether oxygens (including phenoxy) is 2. The number of nitrogens with zero attached hydrogens (tertiary/aromatic N) is 4. The van der Waals surface area contributed by atoms with Crippen LogP contribution in [0.2, 0.25) is 0 Å². The summed E-state index contributed by atoms with van der Waals surface area (Å²) in [6.07, 6.45) is 2.20. The van der Waals surface area contributed by atoms with Crippen LogP contribution in [0.3, 0.4) is 0 Å². The van der Waals surface area contributed by atoms with Gasteiger partial charge in [0.1, 0.15) is 5.82 Å². The summed E-state index contributed by atoms with van der Waals surface area (Å²) in [7, 11) is 0. The lowest BCUT2D eigenvalue weighted by atomic mass is 10.2. The molecule has 8 nitrogen and oxygen atoms in total. The molecular weight excluding hydrogens is 409 g/mol. The number of morpholine rings is 1. The van der Waals surface area contributed by atoms with Crippen LogP contribution >= 0.6 is 11.8 Å². The number of benzene rings is 1. The van der Waals surface area contributed by atoms with Crippen molar-refractivity contribution in [3.05, 3.63) is 35.6 Å². The maximum absolute atomic E-state index is 13.7. The van der Waals surface area contributed by atoms with Gasteiger partial charge >= 0.3 is 0 Å². The lowest BCUT2D eigenvalue weighted by Crippen LogP contribution is -2.38. The van der Waals surface area contributed by atoms with Gasteiger partial charge in [-0.2, -0.15) is 0 Å². The Morgan fingerprint density at radius 3 is 2.83 bits per heavy atom. The number of amides is 1. The van der Waals surface area contributed by atoms with Gasteiger partial charge in [0, 0.05) is 31.8 Å². The molecule has 0 aliphatic carbocycles. The fourth-order valence-electron chi connectivity index (χ4n) is 3.55. The van der Waals surface area contributed by atoms with Crippen molar-refractivity contribution in [2.24, 2.45) is 0 Å². The smallest absolute Gasteiger partial charge is 0.230 e. The lowest BCUT2D eigenvalue weighted by Gasteiger charge is -2.28. The van der Waals surface area contributed by atoms with Crippen LogP contribution in [-0.4, -0.2) is 65.4 Å². The van der Waals surface area contributed by atoms with Gasteiger partial charge in [0.05, 0.1) is 31.6 Å². The number of carbonyl (C=O) groups excluding carboxylic acids is 1. The highest BCUT2D eigenvalue weighted by atomic mass is 32.2. The number of anilines is 1. The minimum absolute atomic E-state index is 0.134. The number of rotatable bonds is 8. The van der Waals surface area contributed by atoms with Crippen molar-refractivity contribution in [2.75, 3.05) is 43.6 Å². The Hall–Kier alpha value is -2.17. The first-order valence-electron chi connectivity index (χ1n) is 10.2. The maximum Gasteiger partial charge on any atom is 0.230 e. The van der Waals surface area contributed by atoms with Crippen LogP contribution in [0.4, 0.5) is 10.3 Å². The average Bonchev–Trinajstić information content (AvgIpc) is 3.43. The van der Waals surface area contributed by atoms with Crippen molar-refractivity contribution in [2.45, 2.75) is 37.2 Å². The molecule has 4 rings (SSSR count). The molecule has 1 aromatic carbocycles. The Labute approximate surface area is 179 Å². The van der Waals surface area contributed by atoms with Crippen LogP contribution in [0.5, 0.6) is 0 Å². The maximum atomic E-state index is 13.7. The average molecular weight is 436 g/mol. The lowest BCUT2D eigenvalue weighted by molar-refractivity contribution is -0.118. The zero-order chi connectivity index (χ0) is 20.8. The molecular formula is C20H26FN5O3S. The molecule has 0 spiro atoms. The van der Waals surface area contributed by atoms with Crippen LogP contribution in [0.1, 0.15) is 18.4 Å². The Morgan fingerprint density at radius 1 is 1.23 bits per heavy atom. The van der Waals surface area contributed by atoms with Crippen LogP contribution in [0, 0.1) is 5.82 Å². The summed E-state index contributed by atoms with van der Waals surface area (Å²) in [5.41, 5.74) is 0.465. The molecule has 1 N–H and O–H groups in total. The fraction of sp³-hybridized carbons (Fsp3) is 0.550. The largest absolute Gasteiger partial charge is 0.378 e. The zero-order valence-corrected chi connectivity index (χ0v) is 17.6. The highest BCUT2D eigenvalue weighted by Gasteiger charge is 2.25. The summed E-state index contributed by atoms with van der Waals surface area (Å²) in [4.78, 5) is 14.5. The van der Waals surface area contributed by atoms with Crippen LogP contribution in [0.25, 0.3) is 0 Å². The van der Waals surface area contributed by atoms with Gasteiger partial charge in [-0.25, -0.2) is 4.39 Å². The SMILES string of the molecule is O=C(CSc1nnc(N2CCOCC2)n1CC1CCCO1)NCc1ccccc1F. The monoisotopic (exact) mass is 435 g/mol. The Morgan fingerprint density at radius 2 is 2.07 bits per heavy atom. The number of aromatic nitrogens is 3. The van der Waals surface area contributed by atoms with E-state index < -0.39 is 0 Å². The second-order valence-electron chi connectivity index (χ2n) is 7.28. The highest BCUT2D eigenvalue weighted by Crippen LogP contribution is 2.25. The number of halogens is 1. The van der Waals surface area contributed by atoms with E-state index in [4.69, 9.17) is 9.47 Å². The summed E-state index contributed by atoms with van der Waals surface area (Å²) in [6, 6.07) is 6.43. The molecule has 1 atom stereocenters. The third-order valence-corrected chi connectivity index (χ3v) is 6.13. The molecule has 2 aromatic rings. The molecule has 2 aliphatic rings. The zero-order valence-electron chi connectivity index (χ0n) is 16.8. The van der Waals surface area contributed by atoms with E-state index in [1.54, 1.807) is 18.2 Å². The highest BCUT2D eigenvalue weighted by molar-refractivity contribution is 7.99. The summed E-state index contributed by atoms with van der Waals surface area (Å²) in [6.45, 7) is 4.45. The first-order valence-corrected chi connectivity index (χ1v) is 11.2. The summed E-state index contributed by atoms with van der Waals surface area (Å²) in [5.74, 6) is 0.476. The number of thioether (sulfide) groups is 1. The molecule has 1 unspecified atom stereocenters. The molecule has 0 bridgehead atoms. The summed E-state index contributed by atoms with van der Waals surface area (Å²) >= 11 is 1.33. The van der Waals surface area contributed by atoms with Gasteiger partial charge in [0.25, 0.3) is 0 Å². The number of hydrogen-bond donors (Lipinski definition) is 1. The van der Waals surface area contributed by atoms with Crippen molar-refractivity contribution in [1.29, 1.82) is 0 Å². The number of carbonyl (C=O) groups is 1. The van der Waals surface area contributed by atoms with Gasteiger partial charge in [-0.15, -0.1) is 10.2 Å². The standard InChI is InChI=1S/C20H26FN5O3S/c21-17-6-2-1-4-15(17)12-22-18(27)14-30-20-24-23-19(25-7-10-28-11-8-25)26(20)13-16-5-3-9-29-16/h1-2,4,6,16H,3,5,7-14H2,(H,22,27). The second kappa shape index (κ2) is 10.2. The molecule has 3 heterocycles. The van der Waals surface area contributed by atoms with E-state index in [-0.39, 0.29) is 30.1 Å². The molecule has 1 amide bonds. The summed E-state index contributed by atoms with van der Waals surface area (Å²) in [5, 5.41) is 12.2. The quantitative estimate of drug-likeness (QED) is 0.634. The van der Waals surface area contributed by atoms with E-state index in [1.807, 2.05) is 0 Å². The van der Waals surface area contributed by atoms with E-state index in [9.17, 15) is 9.18 Å². The van der Waals surface area contributed by atoms with Gasteiger partial charge in [0.2, 0.25) is 11.9 Å². The van der Waals surface area contributed by atoms with E-state index in [1.165, 1.54) is 17.8 Å². The molecule has 1 aromatic heterocycles. The Kier molecular flexibility index (Phi) is 7.19. The predicted octanol–water partition coefficient (Wildman–Crippen LogP) is 1.84. The second-order valence-corrected chi connectivity index (χ2v) is 8.23. The van der Waals surface area contributed by atoms with Gasteiger partial charge in [-0.05, 0) is 18.9 Å². The minimum atomic E-state index is -0.322. The third kappa shape index (κ3) is 5.30. The van der Waals surface area contributed by atoms with E-state index in [2.05, 4.69) is 25.0 Å². The molecule has 0 radical (unpaired) electrons. The van der Waals surface area contributed by atoms with Gasteiger partial charge in [-0.1, -0.05) is 30.0 Å². The molecule has 0 saturated carbocycles. The molecule has 162 valence electrons. The third-order valence-electron chi connectivity index (χ3n) is 5.17. The molecule has 30 heavy (non-hydrogen) atoms. The predicted molar refractivity (Wildman–Crippen MR) is 111 cm³/mol. The van der Waals surface area contributed by atoms with E-state index in [0.29, 0.717) is 30.5 Å². The summed E-state index contributed by atoms with van der Waals surface area (Å²) < 4.78 is 27.0. The van der Waals surface area contributed by atoms with E-state index >= 15 is 0 Å². The first-order chi connectivity index (χ1) is 14.7. The minimum Gasteiger partial charge on any atom is -0.378 e. The van der Waals surface area contributed by atoms with Crippen molar-refractivity contribution >= 4 is 23.6 Å². The van der Waals surface area contributed by atoms with E-state index in [0.717, 1.165) is 38.5 Å². The van der Waals surface area contributed by atoms with Gasteiger partial charge < -0.3 is 19.7 Å².